The number of aryl methyl sites for hydroxylation is 1. The van der Waals surface area contributed by atoms with Crippen molar-refractivity contribution in [1.29, 1.82) is 5.26 Å². The van der Waals surface area contributed by atoms with Crippen LogP contribution < -0.4 is 0 Å². The van der Waals surface area contributed by atoms with E-state index < -0.39 is 0 Å². The molecule has 0 spiro atoms. The molecule has 0 amide bonds. The smallest absolute Gasteiger partial charge is 0.155 e. The third kappa shape index (κ3) is 1.68. The van der Waals surface area contributed by atoms with E-state index in [1.165, 1.54) is 0 Å². The fourth-order valence-electron chi connectivity index (χ4n) is 1.41. The van der Waals surface area contributed by atoms with Crippen LogP contribution in [0.3, 0.4) is 0 Å². The topological polar surface area (TPSA) is 54.0 Å². The standard InChI is InChI=1S/C11H12N4/c1-3-10-4-11-13-6-9(8(2)5-12)7-15(11)14-10/h4,6-8H,3H2,1-2H3. The zero-order valence-corrected chi connectivity index (χ0v) is 8.81. The van der Waals surface area contributed by atoms with Crippen molar-refractivity contribution in [3.8, 4) is 6.07 Å². The molecule has 2 heterocycles. The monoisotopic (exact) mass is 200 g/mol. The Hall–Kier alpha value is -1.89. The number of nitrogens with zero attached hydrogens (tertiary/aromatic N) is 4. The number of aromatic nitrogens is 3. The second-order valence-corrected chi connectivity index (χ2v) is 3.53. The SMILES string of the molecule is CCc1cc2ncc(C(C)C#N)cn2n1. The number of nitriles is 1. The van der Waals surface area contributed by atoms with Crippen LogP contribution >= 0.6 is 0 Å². The van der Waals surface area contributed by atoms with Crippen molar-refractivity contribution in [2.45, 2.75) is 26.2 Å². The molecule has 2 aromatic heterocycles. The van der Waals surface area contributed by atoms with Crippen LogP contribution in [-0.4, -0.2) is 14.6 Å². The molecule has 15 heavy (non-hydrogen) atoms. The summed E-state index contributed by atoms with van der Waals surface area (Å²) in [6.45, 7) is 3.91. The quantitative estimate of drug-likeness (QED) is 0.744. The zero-order valence-electron chi connectivity index (χ0n) is 8.81. The Kier molecular flexibility index (Phi) is 2.38. The van der Waals surface area contributed by atoms with Gasteiger partial charge in [0.2, 0.25) is 0 Å². The first-order valence-corrected chi connectivity index (χ1v) is 4.98. The number of fused-ring (bicyclic) bond motifs is 1. The Labute approximate surface area is 88.2 Å². The lowest BCUT2D eigenvalue weighted by atomic mass is 10.1. The fourth-order valence-corrected chi connectivity index (χ4v) is 1.41. The number of rotatable bonds is 2. The molecular formula is C11H12N4. The predicted octanol–water partition coefficient (Wildman–Crippen LogP) is 1.92. The van der Waals surface area contributed by atoms with Crippen LogP contribution in [0.4, 0.5) is 0 Å². The van der Waals surface area contributed by atoms with Gasteiger partial charge in [-0.1, -0.05) is 6.92 Å². The first kappa shape index (κ1) is 9.66. The van der Waals surface area contributed by atoms with Gasteiger partial charge in [-0.15, -0.1) is 0 Å². The first-order chi connectivity index (χ1) is 7.24. The molecule has 2 aromatic rings. The van der Waals surface area contributed by atoms with Crippen molar-refractivity contribution in [3.63, 3.8) is 0 Å². The van der Waals surface area contributed by atoms with Gasteiger partial charge in [0, 0.05) is 24.0 Å². The van der Waals surface area contributed by atoms with Gasteiger partial charge >= 0.3 is 0 Å². The van der Waals surface area contributed by atoms with E-state index >= 15 is 0 Å². The molecule has 0 aliphatic carbocycles. The molecular weight excluding hydrogens is 188 g/mol. The lowest BCUT2D eigenvalue weighted by Gasteiger charge is -2.01. The van der Waals surface area contributed by atoms with E-state index in [0.29, 0.717) is 0 Å². The Morgan fingerprint density at radius 2 is 2.40 bits per heavy atom. The molecule has 1 unspecified atom stereocenters. The van der Waals surface area contributed by atoms with Crippen molar-refractivity contribution in [3.05, 3.63) is 29.7 Å². The number of hydrogen-bond acceptors (Lipinski definition) is 3. The highest BCUT2D eigenvalue weighted by atomic mass is 15.2. The zero-order chi connectivity index (χ0) is 10.8. The largest absolute Gasteiger partial charge is 0.237 e. The Balaban J connectivity index is 2.51. The fraction of sp³-hybridized carbons (Fsp3) is 0.364. The molecule has 0 fully saturated rings. The molecule has 0 bridgehead atoms. The molecule has 0 saturated heterocycles. The van der Waals surface area contributed by atoms with Crippen LogP contribution in [0.1, 0.15) is 31.0 Å². The molecule has 76 valence electrons. The van der Waals surface area contributed by atoms with Gasteiger partial charge in [-0.3, -0.25) is 0 Å². The first-order valence-electron chi connectivity index (χ1n) is 4.98. The summed E-state index contributed by atoms with van der Waals surface area (Å²) in [6.07, 6.45) is 4.51. The highest BCUT2D eigenvalue weighted by Crippen LogP contribution is 2.13. The summed E-state index contributed by atoms with van der Waals surface area (Å²) in [5.74, 6) is -0.142. The molecule has 0 aliphatic heterocycles. The van der Waals surface area contributed by atoms with Crippen LogP contribution in [0.2, 0.25) is 0 Å². The van der Waals surface area contributed by atoms with Crippen LogP contribution in [0.15, 0.2) is 18.5 Å². The summed E-state index contributed by atoms with van der Waals surface area (Å²) in [4.78, 5) is 4.27. The van der Waals surface area contributed by atoms with Crippen LogP contribution in [0.25, 0.3) is 5.65 Å². The van der Waals surface area contributed by atoms with Gasteiger partial charge < -0.3 is 0 Å². The minimum absolute atomic E-state index is 0.142. The highest BCUT2D eigenvalue weighted by molar-refractivity contribution is 5.40. The molecule has 2 rings (SSSR count). The van der Waals surface area contributed by atoms with Crippen LogP contribution in [-0.2, 0) is 6.42 Å². The van der Waals surface area contributed by atoms with E-state index in [4.69, 9.17) is 5.26 Å². The van der Waals surface area contributed by atoms with E-state index in [1.54, 1.807) is 10.7 Å². The van der Waals surface area contributed by atoms with Gasteiger partial charge in [-0.05, 0) is 13.3 Å². The Morgan fingerprint density at radius 1 is 1.60 bits per heavy atom. The maximum Gasteiger partial charge on any atom is 0.155 e. The third-order valence-electron chi connectivity index (χ3n) is 2.44. The molecule has 1 atom stereocenters. The maximum atomic E-state index is 8.80. The van der Waals surface area contributed by atoms with Gasteiger partial charge in [-0.2, -0.15) is 10.4 Å². The van der Waals surface area contributed by atoms with Crippen LogP contribution in [0.5, 0.6) is 0 Å². The average Bonchev–Trinajstić information content (AvgIpc) is 2.69. The number of hydrogen-bond donors (Lipinski definition) is 0. The van der Waals surface area contributed by atoms with Crippen molar-refractivity contribution in [1.82, 2.24) is 14.6 Å². The van der Waals surface area contributed by atoms with E-state index in [1.807, 2.05) is 19.2 Å². The third-order valence-corrected chi connectivity index (χ3v) is 2.44. The summed E-state index contributed by atoms with van der Waals surface area (Å²) >= 11 is 0. The van der Waals surface area contributed by atoms with E-state index in [9.17, 15) is 0 Å². The molecule has 4 nitrogen and oxygen atoms in total. The summed E-state index contributed by atoms with van der Waals surface area (Å²) in [5, 5.41) is 13.2. The van der Waals surface area contributed by atoms with Crippen molar-refractivity contribution < 1.29 is 0 Å². The second kappa shape index (κ2) is 3.70. The van der Waals surface area contributed by atoms with E-state index in [-0.39, 0.29) is 5.92 Å². The Bertz CT molecular complexity index is 521. The highest BCUT2D eigenvalue weighted by Gasteiger charge is 2.07. The lowest BCUT2D eigenvalue weighted by Crippen LogP contribution is -1.97. The van der Waals surface area contributed by atoms with Gasteiger partial charge in [0.05, 0.1) is 17.7 Å². The molecule has 0 aromatic carbocycles. The van der Waals surface area contributed by atoms with Gasteiger partial charge in [-0.25, -0.2) is 9.50 Å². The predicted molar refractivity (Wildman–Crippen MR) is 56.4 cm³/mol. The van der Waals surface area contributed by atoms with Gasteiger partial charge in [0.25, 0.3) is 0 Å². The van der Waals surface area contributed by atoms with E-state index in [0.717, 1.165) is 23.3 Å². The molecule has 0 radical (unpaired) electrons. The molecule has 4 heteroatoms. The normalized spacial score (nSPS) is 12.6. The van der Waals surface area contributed by atoms with Crippen molar-refractivity contribution >= 4 is 5.65 Å². The summed E-state index contributed by atoms with van der Waals surface area (Å²) in [7, 11) is 0. The maximum absolute atomic E-state index is 8.80. The van der Waals surface area contributed by atoms with Gasteiger partial charge in [0.1, 0.15) is 0 Å². The Morgan fingerprint density at radius 3 is 3.07 bits per heavy atom. The summed E-state index contributed by atoms with van der Waals surface area (Å²) < 4.78 is 1.74. The van der Waals surface area contributed by atoms with Crippen molar-refractivity contribution in [2.75, 3.05) is 0 Å². The molecule has 0 N–H and O–H groups in total. The van der Waals surface area contributed by atoms with E-state index in [2.05, 4.69) is 23.1 Å². The second-order valence-electron chi connectivity index (χ2n) is 3.53. The van der Waals surface area contributed by atoms with Crippen LogP contribution in [0, 0.1) is 11.3 Å². The summed E-state index contributed by atoms with van der Waals surface area (Å²) in [5.41, 5.74) is 2.75. The molecule has 0 saturated carbocycles. The van der Waals surface area contributed by atoms with Gasteiger partial charge in [0.15, 0.2) is 5.65 Å². The average molecular weight is 200 g/mol. The minimum Gasteiger partial charge on any atom is -0.237 e. The summed E-state index contributed by atoms with van der Waals surface area (Å²) in [6, 6.07) is 4.14. The minimum atomic E-state index is -0.142. The van der Waals surface area contributed by atoms with Crippen molar-refractivity contribution in [2.24, 2.45) is 0 Å². The lowest BCUT2D eigenvalue weighted by molar-refractivity contribution is 0.853. The molecule has 0 aliphatic rings.